The minimum absolute atomic E-state index is 0.0489. The molecule has 23 heteroatoms. The third kappa shape index (κ3) is 18.7. The molecular weight excluding hydrogens is 1100 g/mol. The number of carbonyl (C=O) groups excluding carboxylic acids is 8. The number of imide groups is 1. The molecular formula is C60H75F4N9O9S. The molecule has 3 heterocycles. The van der Waals surface area contributed by atoms with Gasteiger partial charge in [-0.1, -0.05) is 65.3 Å². The highest BCUT2D eigenvalue weighted by Crippen LogP contribution is 2.41. The lowest BCUT2D eigenvalue weighted by molar-refractivity contribution is -0.138. The molecule has 0 bridgehead atoms. The van der Waals surface area contributed by atoms with Gasteiger partial charge in [-0.25, -0.2) is 32.1 Å². The molecule has 1 saturated heterocycles. The van der Waals surface area contributed by atoms with Crippen molar-refractivity contribution in [2.75, 3.05) is 50.0 Å². The van der Waals surface area contributed by atoms with Crippen molar-refractivity contribution in [1.29, 1.82) is 0 Å². The van der Waals surface area contributed by atoms with Gasteiger partial charge in [0.25, 0.3) is 11.8 Å². The summed E-state index contributed by atoms with van der Waals surface area (Å²) < 4.78 is 68.1. The molecule has 1 aromatic heterocycles. The predicted molar refractivity (Wildman–Crippen MR) is 306 cm³/mol. The topological polar surface area (TPSA) is 235 Å². The lowest BCUT2D eigenvalue weighted by Gasteiger charge is -2.41. The molecule has 1 fully saturated rings. The fourth-order valence-corrected chi connectivity index (χ4v) is 10.6. The number of urea groups is 1. The van der Waals surface area contributed by atoms with Crippen molar-refractivity contribution in [3.63, 3.8) is 0 Å². The number of aromatic nitrogens is 2. The summed E-state index contributed by atoms with van der Waals surface area (Å²) in [6.45, 7) is 8.84. The number of ether oxygens (including phenoxy) is 1. The van der Waals surface area contributed by atoms with Crippen LogP contribution in [0.4, 0.5) is 32.8 Å². The molecule has 2 aliphatic heterocycles. The summed E-state index contributed by atoms with van der Waals surface area (Å²) in [6.07, 6.45) is 5.44. The van der Waals surface area contributed by atoms with E-state index in [4.69, 9.17) is 15.5 Å². The van der Waals surface area contributed by atoms with Gasteiger partial charge < -0.3 is 40.8 Å². The van der Waals surface area contributed by atoms with Crippen LogP contribution >= 0.6 is 11.8 Å². The number of nitrogens with one attached hydrogen (secondary N) is 3. The van der Waals surface area contributed by atoms with Gasteiger partial charge in [-0.05, 0) is 96.9 Å². The number of nitrogens with two attached hydrogens (primary N) is 1. The maximum atomic E-state index is 16.3. The highest BCUT2D eigenvalue weighted by molar-refractivity contribution is 7.98. The summed E-state index contributed by atoms with van der Waals surface area (Å²) in [5.41, 5.74) is 5.82. The Morgan fingerprint density at radius 2 is 1.59 bits per heavy atom. The van der Waals surface area contributed by atoms with Crippen molar-refractivity contribution in [2.24, 2.45) is 28.9 Å². The number of benzene rings is 3. The molecule has 3 aromatic carbocycles. The zero-order valence-electron chi connectivity index (χ0n) is 47.8. The minimum Gasteiger partial charge on any atom is -0.445 e. The number of unbranched alkanes of at least 4 members (excludes halogenated alkanes) is 2. The Morgan fingerprint density at radius 1 is 0.880 bits per heavy atom. The van der Waals surface area contributed by atoms with Gasteiger partial charge in [-0.15, -0.1) is 0 Å². The standard InChI is InChI=1S/C60H75F4N9O9S/c1-37(2)54(69-50(75)15-8-7-9-26-72-51(76)22-23-52(72)77)49(74)29-40(13-11-25-66-58(65)80)57(79)67-44-19-16-38(17-20-44)36-82-59(81)71-32-41(47(64)34-71)33-73(53(78)24-27-83-6)55(60(3,4)5)56-68-48(45-30-43(62)18-21-46(45)63)35-70(56)31-39-12-10-14-42(61)28-39/h10,12,14,16-23,28,30,35,37,40-41,47,54-55H,7-9,11,13,15,24-27,29,31-34,36H2,1-6H3,(H,67,79)(H,69,75)(H3,65,66,80)/t40-,41+,47+,54+,55+/m1/s1. The van der Waals surface area contributed by atoms with Crippen molar-refractivity contribution in [1.82, 2.24) is 34.9 Å². The Kier molecular flexibility index (Phi) is 23.5. The number of halogens is 4. The zero-order chi connectivity index (χ0) is 60.5. The van der Waals surface area contributed by atoms with E-state index in [0.29, 0.717) is 48.3 Å². The smallest absolute Gasteiger partial charge is 0.410 e. The van der Waals surface area contributed by atoms with Gasteiger partial charge in [0, 0.05) is 99.2 Å². The number of carbonyl (C=O) groups is 8. The number of anilines is 1. The molecule has 0 spiro atoms. The minimum atomic E-state index is -1.58. The van der Waals surface area contributed by atoms with Crippen LogP contribution in [0.25, 0.3) is 11.3 Å². The highest BCUT2D eigenvalue weighted by atomic mass is 32.2. The van der Waals surface area contributed by atoms with E-state index in [1.54, 1.807) is 59.7 Å². The molecule has 0 unspecified atom stereocenters. The molecule has 0 aliphatic carbocycles. The first-order valence-corrected chi connectivity index (χ1v) is 29.2. The van der Waals surface area contributed by atoms with Crippen LogP contribution in [-0.2, 0) is 46.7 Å². The zero-order valence-corrected chi connectivity index (χ0v) is 48.6. The van der Waals surface area contributed by atoms with Gasteiger partial charge in [0.1, 0.15) is 36.1 Å². The Bertz CT molecular complexity index is 2970. The van der Waals surface area contributed by atoms with Crippen LogP contribution < -0.4 is 21.7 Å². The van der Waals surface area contributed by atoms with Crippen LogP contribution in [0.1, 0.15) is 109 Å². The average molecular weight is 1170 g/mol. The van der Waals surface area contributed by atoms with Crippen LogP contribution in [0.3, 0.4) is 0 Å². The molecule has 0 radical (unpaired) electrons. The lowest BCUT2D eigenvalue weighted by atomic mass is 9.84. The molecule has 4 aromatic rings. The molecule has 8 amide bonds. The fourth-order valence-electron chi connectivity index (χ4n) is 10.2. The molecule has 448 valence electrons. The van der Waals surface area contributed by atoms with E-state index in [1.807, 2.05) is 27.0 Å². The Hall–Kier alpha value is -7.56. The van der Waals surface area contributed by atoms with Gasteiger partial charge in [0.05, 0.1) is 24.3 Å². The third-order valence-corrected chi connectivity index (χ3v) is 15.1. The van der Waals surface area contributed by atoms with E-state index in [9.17, 15) is 47.1 Å². The lowest BCUT2D eigenvalue weighted by Crippen LogP contribution is -2.46. The summed E-state index contributed by atoms with van der Waals surface area (Å²) in [5, 5.41) is 8.13. The number of primary amides is 1. The largest absolute Gasteiger partial charge is 0.445 e. The molecule has 5 N–H and O–H groups in total. The summed E-state index contributed by atoms with van der Waals surface area (Å²) in [7, 11) is 0. The van der Waals surface area contributed by atoms with E-state index in [0.717, 1.165) is 23.1 Å². The van der Waals surface area contributed by atoms with Gasteiger partial charge >= 0.3 is 12.1 Å². The highest BCUT2D eigenvalue weighted by Gasteiger charge is 2.44. The fraction of sp³-hybridized carbons (Fsp3) is 0.483. The first-order chi connectivity index (χ1) is 39.4. The number of amides is 8. The average Bonchev–Trinajstić information content (AvgIpc) is 4.23. The normalized spacial score (nSPS) is 16.2. The van der Waals surface area contributed by atoms with E-state index in [1.165, 1.54) is 47.1 Å². The van der Waals surface area contributed by atoms with E-state index in [-0.39, 0.29) is 124 Å². The van der Waals surface area contributed by atoms with Crippen molar-refractivity contribution in [3.05, 3.63) is 119 Å². The summed E-state index contributed by atoms with van der Waals surface area (Å²) in [6, 6.07) is 12.8. The van der Waals surface area contributed by atoms with Gasteiger partial charge in [-0.2, -0.15) is 11.8 Å². The first-order valence-electron chi connectivity index (χ1n) is 27.8. The number of nitrogens with zero attached hydrogens (tertiary/aromatic N) is 5. The number of ketones is 1. The Morgan fingerprint density at radius 3 is 2.25 bits per heavy atom. The van der Waals surface area contributed by atoms with Gasteiger partial charge in [0.2, 0.25) is 17.7 Å². The van der Waals surface area contributed by atoms with Crippen LogP contribution in [0, 0.1) is 40.6 Å². The second-order valence-electron chi connectivity index (χ2n) is 22.4. The molecule has 18 nitrogen and oxygen atoms in total. The van der Waals surface area contributed by atoms with Crippen molar-refractivity contribution in [3.8, 4) is 11.3 Å². The molecule has 5 atom stereocenters. The summed E-state index contributed by atoms with van der Waals surface area (Å²) >= 11 is 1.45. The van der Waals surface area contributed by atoms with Crippen LogP contribution in [-0.4, -0.2) is 129 Å². The van der Waals surface area contributed by atoms with Gasteiger partial charge in [-0.3, -0.25) is 33.7 Å². The van der Waals surface area contributed by atoms with Crippen molar-refractivity contribution < 1.29 is 60.7 Å². The number of likely N-dealkylation sites (tertiary alicyclic amines) is 1. The number of rotatable bonds is 29. The van der Waals surface area contributed by atoms with Crippen LogP contribution in [0.2, 0.25) is 0 Å². The second kappa shape index (κ2) is 30.1. The number of Topliss-reactive ketones (excluding diaryl/α,β-unsaturated/α-hetero) is 1. The monoisotopic (exact) mass is 1170 g/mol. The molecule has 0 saturated carbocycles. The number of imidazole rings is 1. The van der Waals surface area contributed by atoms with Gasteiger partial charge in [0.15, 0.2) is 5.78 Å². The van der Waals surface area contributed by atoms with Crippen molar-refractivity contribution >= 4 is 64.9 Å². The number of hydrogen-bond donors (Lipinski definition) is 4. The maximum Gasteiger partial charge on any atom is 0.410 e. The SMILES string of the molecule is CSCCC(=O)N(C[C@@H]1CN(C(=O)OCc2ccc(NC(=O)[C@H](CCCNC(N)=O)CC(=O)[C@@H](NC(=O)CCCCCN3C(=O)C=CC3=O)C(C)C)cc2)C[C@@H]1F)[C@@H](c1nc(-c2cc(F)ccc2F)cn1Cc1cccc(F)c1)C(C)(C)C. The number of alkyl halides is 1. The van der Waals surface area contributed by atoms with E-state index < -0.39 is 71.0 Å². The van der Waals surface area contributed by atoms with Crippen LogP contribution in [0.5, 0.6) is 0 Å². The Balaban J connectivity index is 1.09. The molecule has 2 aliphatic rings. The quantitative estimate of drug-likeness (QED) is 0.0228. The summed E-state index contributed by atoms with van der Waals surface area (Å²) in [5.74, 6) is -5.51. The second-order valence-corrected chi connectivity index (χ2v) is 23.4. The molecule has 83 heavy (non-hydrogen) atoms. The maximum absolute atomic E-state index is 16.3. The predicted octanol–water partition coefficient (Wildman–Crippen LogP) is 8.88. The summed E-state index contributed by atoms with van der Waals surface area (Å²) in [4.78, 5) is 112. The van der Waals surface area contributed by atoms with E-state index in [2.05, 4.69) is 16.0 Å². The number of thioether (sulfide) groups is 1. The number of hydrogen-bond acceptors (Lipinski definition) is 11. The molecule has 6 rings (SSSR count). The van der Waals surface area contributed by atoms with E-state index >= 15 is 8.78 Å². The Labute approximate surface area is 485 Å². The first kappa shape index (κ1) is 64.6. The third-order valence-electron chi connectivity index (χ3n) is 14.5. The van der Waals surface area contributed by atoms with Crippen LogP contribution in [0.15, 0.2) is 85.1 Å². The van der Waals surface area contributed by atoms with Crippen molar-refractivity contribution in [2.45, 2.75) is 117 Å².